The molecule has 0 saturated heterocycles. The van der Waals surface area contributed by atoms with E-state index in [0.29, 0.717) is 0 Å². The molecule has 5 nitrogen and oxygen atoms in total. The fraction of sp³-hybridized carbons (Fsp3) is 0.500. The molecule has 0 aliphatic carbocycles. The lowest BCUT2D eigenvalue weighted by atomic mass is 10.5. The zero-order valence-electron chi connectivity index (χ0n) is 9.61. The van der Waals surface area contributed by atoms with Crippen molar-refractivity contribution in [2.75, 3.05) is 19.0 Å². The van der Waals surface area contributed by atoms with Crippen LogP contribution < -0.4 is 0 Å². The normalized spacial score (nSPS) is 13.4. The van der Waals surface area contributed by atoms with Crippen LogP contribution in [0, 0.1) is 0 Å². The topological polar surface area (TPSA) is 76.7 Å². The number of carbonyl (C=O) groups is 1. The van der Waals surface area contributed by atoms with Crippen LogP contribution in [0.2, 0.25) is 0 Å². The fourth-order valence-electron chi connectivity index (χ4n) is 1.14. The Bertz CT molecular complexity index is 454. The maximum absolute atomic E-state index is 11.7. The molecule has 1 aromatic rings. The average molecular weight is 300 g/mol. The molecule has 108 valence electrons. The number of carboxylic acids is 1. The minimum atomic E-state index is -4.38. The van der Waals surface area contributed by atoms with Crippen molar-refractivity contribution in [2.24, 2.45) is 0 Å². The highest BCUT2D eigenvalue weighted by molar-refractivity contribution is 7.84. The van der Waals surface area contributed by atoms with Crippen molar-refractivity contribution in [3.63, 3.8) is 0 Å². The lowest BCUT2D eigenvalue weighted by Gasteiger charge is -2.06. The van der Waals surface area contributed by atoms with E-state index in [1.54, 1.807) is 0 Å². The van der Waals surface area contributed by atoms with Gasteiger partial charge in [-0.05, 0) is 18.6 Å². The molecule has 1 rings (SSSR count). The van der Waals surface area contributed by atoms with Crippen molar-refractivity contribution < 1.29 is 36.4 Å². The van der Waals surface area contributed by atoms with Crippen LogP contribution in [0.4, 0.5) is 13.2 Å². The standard InChI is InChI=1S/C10H11F3O5S/c11-10(12,13)6-17-4-1-5-19(16)8-3-2-7(18-8)9(14)15/h2-3H,1,4-6H2,(H,14,15). The molecular weight excluding hydrogens is 289 g/mol. The smallest absolute Gasteiger partial charge is 0.411 e. The molecule has 0 aliphatic rings. The summed E-state index contributed by atoms with van der Waals surface area (Å²) in [5.41, 5.74) is 0. The molecule has 1 N–H and O–H groups in total. The average Bonchev–Trinajstić information content (AvgIpc) is 2.76. The highest BCUT2D eigenvalue weighted by Crippen LogP contribution is 2.15. The molecule has 1 heterocycles. The van der Waals surface area contributed by atoms with Crippen LogP contribution in [-0.4, -0.2) is 40.4 Å². The number of rotatable bonds is 7. The number of hydrogen-bond acceptors (Lipinski definition) is 4. The molecule has 0 bridgehead atoms. The Morgan fingerprint density at radius 1 is 1.42 bits per heavy atom. The van der Waals surface area contributed by atoms with Crippen LogP contribution in [0.1, 0.15) is 17.0 Å². The Morgan fingerprint density at radius 3 is 2.63 bits per heavy atom. The number of carboxylic acid groups (broad SMARTS) is 1. The predicted octanol–water partition coefficient (Wildman–Crippen LogP) is 2.05. The Morgan fingerprint density at radius 2 is 2.11 bits per heavy atom. The van der Waals surface area contributed by atoms with E-state index in [1.807, 2.05) is 0 Å². The number of furan rings is 1. The highest BCUT2D eigenvalue weighted by atomic mass is 32.2. The summed E-state index contributed by atoms with van der Waals surface area (Å²) >= 11 is 0. The second kappa shape index (κ2) is 6.71. The lowest BCUT2D eigenvalue weighted by Crippen LogP contribution is -2.17. The molecule has 19 heavy (non-hydrogen) atoms. The van der Waals surface area contributed by atoms with E-state index >= 15 is 0 Å². The molecule has 0 aromatic carbocycles. The van der Waals surface area contributed by atoms with Gasteiger partial charge in [0.25, 0.3) is 0 Å². The fourth-order valence-corrected chi connectivity index (χ4v) is 2.12. The number of ether oxygens (including phenoxy) is 1. The van der Waals surface area contributed by atoms with E-state index in [4.69, 9.17) is 9.52 Å². The summed E-state index contributed by atoms with van der Waals surface area (Å²) in [7, 11) is -1.59. The summed E-state index contributed by atoms with van der Waals surface area (Å²) in [5.74, 6) is -1.59. The van der Waals surface area contributed by atoms with E-state index in [1.165, 1.54) is 6.07 Å². The van der Waals surface area contributed by atoms with Gasteiger partial charge in [0.2, 0.25) is 5.76 Å². The molecule has 0 fully saturated rings. The van der Waals surface area contributed by atoms with Gasteiger partial charge in [0.15, 0.2) is 5.09 Å². The van der Waals surface area contributed by atoms with Crippen LogP contribution in [0.25, 0.3) is 0 Å². The molecule has 9 heteroatoms. The summed E-state index contributed by atoms with van der Waals surface area (Å²) in [6.07, 6.45) is -4.23. The summed E-state index contributed by atoms with van der Waals surface area (Å²) in [5, 5.41) is 8.56. The SMILES string of the molecule is O=C(O)c1ccc(S(=O)CCCOCC(F)(F)F)o1. The van der Waals surface area contributed by atoms with Gasteiger partial charge in [-0.3, -0.25) is 4.21 Å². The molecule has 0 aliphatic heterocycles. The largest absolute Gasteiger partial charge is 0.475 e. The van der Waals surface area contributed by atoms with Crippen molar-refractivity contribution >= 4 is 16.8 Å². The van der Waals surface area contributed by atoms with Crippen LogP contribution >= 0.6 is 0 Å². The van der Waals surface area contributed by atoms with Gasteiger partial charge in [-0.1, -0.05) is 0 Å². The molecule has 0 radical (unpaired) electrons. The second-order valence-electron chi connectivity index (χ2n) is 3.49. The number of alkyl halides is 3. The number of hydrogen-bond donors (Lipinski definition) is 1. The Labute approximate surface area is 108 Å². The van der Waals surface area contributed by atoms with Gasteiger partial charge in [0.1, 0.15) is 6.61 Å². The van der Waals surface area contributed by atoms with E-state index in [2.05, 4.69) is 4.74 Å². The zero-order valence-corrected chi connectivity index (χ0v) is 10.4. The minimum Gasteiger partial charge on any atom is -0.475 e. The molecule has 1 atom stereocenters. The van der Waals surface area contributed by atoms with Gasteiger partial charge < -0.3 is 14.3 Å². The van der Waals surface area contributed by atoms with Crippen LogP contribution in [-0.2, 0) is 15.5 Å². The molecule has 0 saturated carbocycles. The molecular formula is C10H11F3O5S. The quantitative estimate of drug-likeness (QED) is 0.780. The van der Waals surface area contributed by atoms with Crippen molar-refractivity contribution in [2.45, 2.75) is 17.7 Å². The second-order valence-corrected chi connectivity index (χ2v) is 5.00. The third kappa shape index (κ3) is 5.88. The van der Waals surface area contributed by atoms with Gasteiger partial charge >= 0.3 is 12.1 Å². The maximum Gasteiger partial charge on any atom is 0.411 e. The van der Waals surface area contributed by atoms with E-state index in [0.717, 1.165) is 6.07 Å². The van der Waals surface area contributed by atoms with Crippen LogP contribution in [0.5, 0.6) is 0 Å². The van der Waals surface area contributed by atoms with Crippen molar-refractivity contribution in [3.8, 4) is 0 Å². The third-order valence-corrected chi connectivity index (χ3v) is 3.23. The maximum atomic E-state index is 11.7. The van der Waals surface area contributed by atoms with Gasteiger partial charge in [-0.15, -0.1) is 0 Å². The summed E-state index contributed by atoms with van der Waals surface area (Å²) < 4.78 is 55.9. The summed E-state index contributed by atoms with van der Waals surface area (Å²) in [6, 6.07) is 2.42. The third-order valence-electron chi connectivity index (χ3n) is 1.90. The Kier molecular flexibility index (Phi) is 5.55. The molecule has 1 aromatic heterocycles. The van der Waals surface area contributed by atoms with E-state index < -0.39 is 29.6 Å². The first-order valence-corrected chi connectivity index (χ1v) is 6.47. The predicted molar refractivity (Wildman–Crippen MR) is 58.4 cm³/mol. The van der Waals surface area contributed by atoms with Crippen LogP contribution in [0.15, 0.2) is 21.6 Å². The Balaban J connectivity index is 2.29. The summed E-state index contributed by atoms with van der Waals surface area (Å²) in [6.45, 7) is -1.53. The first-order valence-electron chi connectivity index (χ1n) is 5.15. The van der Waals surface area contributed by atoms with E-state index in [-0.39, 0.29) is 29.6 Å². The van der Waals surface area contributed by atoms with Crippen LogP contribution in [0.3, 0.4) is 0 Å². The first-order chi connectivity index (χ1) is 8.79. The van der Waals surface area contributed by atoms with Gasteiger partial charge in [0.05, 0.1) is 10.8 Å². The lowest BCUT2D eigenvalue weighted by molar-refractivity contribution is -0.173. The van der Waals surface area contributed by atoms with Crippen molar-refractivity contribution in [1.29, 1.82) is 0 Å². The van der Waals surface area contributed by atoms with Crippen molar-refractivity contribution in [3.05, 3.63) is 17.9 Å². The summed E-state index contributed by atoms with van der Waals surface area (Å²) in [4.78, 5) is 10.5. The Hall–Kier alpha value is -1.35. The van der Waals surface area contributed by atoms with Gasteiger partial charge in [-0.2, -0.15) is 13.2 Å². The molecule has 0 spiro atoms. The number of aromatic carboxylic acids is 1. The van der Waals surface area contributed by atoms with Crippen molar-refractivity contribution in [1.82, 2.24) is 0 Å². The monoisotopic (exact) mass is 300 g/mol. The van der Waals surface area contributed by atoms with E-state index in [9.17, 15) is 22.2 Å². The molecule has 1 unspecified atom stereocenters. The zero-order chi connectivity index (χ0) is 14.5. The highest BCUT2D eigenvalue weighted by Gasteiger charge is 2.27. The molecule has 0 amide bonds. The van der Waals surface area contributed by atoms with Gasteiger partial charge in [0, 0.05) is 12.4 Å². The minimum absolute atomic E-state index is 0.0202. The number of halogens is 3. The first kappa shape index (κ1) is 15.7. The van der Waals surface area contributed by atoms with Gasteiger partial charge in [-0.25, -0.2) is 4.79 Å².